The van der Waals surface area contributed by atoms with Crippen molar-refractivity contribution < 1.29 is 5.11 Å². The molecule has 5 heteroatoms. The maximum Gasteiger partial charge on any atom is 0.138 e. The van der Waals surface area contributed by atoms with E-state index in [0.717, 1.165) is 36.5 Å². The zero-order valence-corrected chi connectivity index (χ0v) is 11.6. The number of nitrogens with two attached hydrogens (primary N) is 1. The van der Waals surface area contributed by atoms with Crippen LogP contribution in [0.5, 0.6) is 0 Å². The number of pyridine rings is 1. The molecule has 1 aromatic rings. The molecular formula is C13H19N3OS. The zero-order valence-electron chi connectivity index (χ0n) is 10.8. The predicted molar refractivity (Wildman–Crippen MR) is 76.9 cm³/mol. The molecule has 0 amide bonds. The van der Waals surface area contributed by atoms with Gasteiger partial charge in [-0.05, 0) is 37.8 Å². The van der Waals surface area contributed by atoms with Crippen LogP contribution in [-0.2, 0) is 0 Å². The summed E-state index contributed by atoms with van der Waals surface area (Å²) in [5, 5.41) is 9.31. The Labute approximate surface area is 113 Å². The maximum atomic E-state index is 9.31. The number of nitrogens with zero attached hydrogens (tertiary/aromatic N) is 2. The van der Waals surface area contributed by atoms with Gasteiger partial charge < -0.3 is 15.7 Å². The van der Waals surface area contributed by atoms with Gasteiger partial charge in [-0.25, -0.2) is 4.98 Å². The lowest BCUT2D eigenvalue weighted by Crippen LogP contribution is -2.38. The standard InChI is InChI=1S/C13H19N3OS/c1-8-3-4-11(12(14)18)13(15-8)16(2)7-9-5-10(17)6-9/h3-4,9-10,17H,5-7H2,1-2H3,(H2,14,18). The van der Waals surface area contributed by atoms with E-state index in [9.17, 15) is 5.11 Å². The predicted octanol–water partition coefficient (Wildman–Crippen LogP) is 1.23. The van der Waals surface area contributed by atoms with E-state index in [0.29, 0.717) is 10.9 Å². The minimum absolute atomic E-state index is 0.121. The molecule has 1 aliphatic rings. The molecule has 0 saturated heterocycles. The average Bonchev–Trinajstić information content (AvgIpc) is 2.26. The van der Waals surface area contributed by atoms with Gasteiger partial charge in [0.15, 0.2) is 0 Å². The van der Waals surface area contributed by atoms with Crippen LogP contribution in [0.1, 0.15) is 24.1 Å². The van der Waals surface area contributed by atoms with Crippen molar-refractivity contribution in [1.82, 2.24) is 4.98 Å². The summed E-state index contributed by atoms with van der Waals surface area (Å²) in [4.78, 5) is 6.98. The molecule has 0 spiro atoms. The van der Waals surface area contributed by atoms with Gasteiger partial charge in [0.1, 0.15) is 10.8 Å². The Morgan fingerprint density at radius 3 is 2.78 bits per heavy atom. The third-order valence-corrected chi connectivity index (χ3v) is 3.60. The summed E-state index contributed by atoms with van der Waals surface area (Å²) in [6.07, 6.45) is 1.63. The first kappa shape index (κ1) is 13.2. The van der Waals surface area contributed by atoms with Crippen LogP contribution >= 0.6 is 12.2 Å². The van der Waals surface area contributed by atoms with Gasteiger partial charge in [0.25, 0.3) is 0 Å². The van der Waals surface area contributed by atoms with E-state index >= 15 is 0 Å². The molecule has 1 aromatic heterocycles. The first-order valence-corrected chi connectivity index (χ1v) is 6.55. The van der Waals surface area contributed by atoms with Crippen molar-refractivity contribution >= 4 is 23.0 Å². The number of hydrogen-bond acceptors (Lipinski definition) is 4. The van der Waals surface area contributed by atoms with Gasteiger partial charge in [0, 0.05) is 19.3 Å². The molecule has 98 valence electrons. The highest BCUT2D eigenvalue weighted by atomic mass is 32.1. The summed E-state index contributed by atoms with van der Waals surface area (Å²) < 4.78 is 0. The van der Waals surface area contributed by atoms with E-state index in [4.69, 9.17) is 18.0 Å². The van der Waals surface area contributed by atoms with Gasteiger partial charge in [0.2, 0.25) is 0 Å². The Hall–Kier alpha value is -1.20. The molecule has 1 aliphatic carbocycles. The molecule has 0 aliphatic heterocycles. The second kappa shape index (κ2) is 5.20. The molecule has 4 nitrogen and oxygen atoms in total. The molecule has 3 N–H and O–H groups in total. The number of rotatable bonds is 4. The lowest BCUT2D eigenvalue weighted by molar-refractivity contribution is 0.0464. The first-order valence-electron chi connectivity index (χ1n) is 6.14. The van der Waals surface area contributed by atoms with Crippen LogP contribution in [0.4, 0.5) is 5.82 Å². The summed E-state index contributed by atoms with van der Waals surface area (Å²) in [6.45, 7) is 2.83. The number of aliphatic hydroxyl groups is 1. The van der Waals surface area contributed by atoms with E-state index in [-0.39, 0.29) is 6.10 Å². The molecule has 0 radical (unpaired) electrons. The third-order valence-electron chi connectivity index (χ3n) is 3.38. The van der Waals surface area contributed by atoms with Crippen molar-refractivity contribution in [3.05, 3.63) is 23.4 Å². The van der Waals surface area contributed by atoms with Crippen molar-refractivity contribution in [1.29, 1.82) is 0 Å². The van der Waals surface area contributed by atoms with Crippen LogP contribution in [0.2, 0.25) is 0 Å². The fraction of sp³-hybridized carbons (Fsp3) is 0.538. The van der Waals surface area contributed by atoms with E-state index in [2.05, 4.69) is 9.88 Å². The van der Waals surface area contributed by atoms with Crippen molar-refractivity contribution in [2.24, 2.45) is 11.7 Å². The topological polar surface area (TPSA) is 62.4 Å². The van der Waals surface area contributed by atoms with Crippen LogP contribution in [0.25, 0.3) is 0 Å². The van der Waals surface area contributed by atoms with Gasteiger partial charge in [-0.1, -0.05) is 12.2 Å². The molecule has 0 aromatic carbocycles. The number of anilines is 1. The highest BCUT2D eigenvalue weighted by Gasteiger charge is 2.28. The molecule has 1 saturated carbocycles. The zero-order chi connectivity index (χ0) is 13.3. The van der Waals surface area contributed by atoms with E-state index < -0.39 is 0 Å². The molecule has 2 rings (SSSR count). The Morgan fingerprint density at radius 2 is 2.22 bits per heavy atom. The summed E-state index contributed by atoms with van der Waals surface area (Å²) in [5.74, 6) is 1.37. The number of aryl methyl sites for hydroxylation is 1. The number of aromatic nitrogens is 1. The van der Waals surface area contributed by atoms with Crippen molar-refractivity contribution in [2.45, 2.75) is 25.9 Å². The van der Waals surface area contributed by atoms with Gasteiger partial charge in [0.05, 0.1) is 11.7 Å². The second-order valence-corrected chi connectivity index (χ2v) is 5.50. The van der Waals surface area contributed by atoms with E-state index in [1.807, 2.05) is 26.1 Å². The SMILES string of the molecule is Cc1ccc(C(N)=S)c(N(C)CC2CC(O)C2)n1. The number of aliphatic hydroxyl groups excluding tert-OH is 1. The van der Waals surface area contributed by atoms with Gasteiger partial charge in [-0.3, -0.25) is 0 Å². The second-order valence-electron chi connectivity index (χ2n) is 5.06. The normalized spacial score (nSPS) is 22.4. The van der Waals surface area contributed by atoms with Crippen LogP contribution in [0, 0.1) is 12.8 Å². The van der Waals surface area contributed by atoms with Crippen molar-refractivity contribution in [3.63, 3.8) is 0 Å². The first-order chi connectivity index (χ1) is 8.47. The Kier molecular flexibility index (Phi) is 3.82. The van der Waals surface area contributed by atoms with Crippen LogP contribution < -0.4 is 10.6 Å². The molecular weight excluding hydrogens is 246 g/mol. The summed E-state index contributed by atoms with van der Waals surface area (Å²) in [5.41, 5.74) is 7.49. The molecule has 0 bridgehead atoms. The molecule has 0 unspecified atom stereocenters. The minimum Gasteiger partial charge on any atom is -0.393 e. The van der Waals surface area contributed by atoms with Crippen molar-refractivity contribution in [3.8, 4) is 0 Å². The van der Waals surface area contributed by atoms with Gasteiger partial charge in [-0.15, -0.1) is 0 Å². The Bertz CT molecular complexity index is 458. The van der Waals surface area contributed by atoms with E-state index in [1.54, 1.807) is 0 Å². The molecule has 0 atom stereocenters. The summed E-state index contributed by atoms with van der Waals surface area (Å²) in [6, 6.07) is 3.84. The average molecular weight is 265 g/mol. The summed E-state index contributed by atoms with van der Waals surface area (Å²) in [7, 11) is 1.99. The Balaban J connectivity index is 2.15. The largest absolute Gasteiger partial charge is 0.393 e. The van der Waals surface area contributed by atoms with Crippen LogP contribution in [-0.4, -0.2) is 34.8 Å². The van der Waals surface area contributed by atoms with Crippen molar-refractivity contribution in [2.75, 3.05) is 18.5 Å². The number of thiocarbonyl (C=S) groups is 1. The maximum absolute atomic E-state index is 9.31. The minimum atomic E-state index is -0.121. The fourth-order valence-corrected chi connectivity index (χ4v) is 2.51. The molecule has 1 fully saturated rings. The van der Waals surface area contributed by atoms with Gasteiger partial charge in [-0.2, -0.15) is 0 Å². The number of hydrogen-bond donors (Lipinski definition) is 2. The van der Waals surface area contributed by atoms with Crippen LogP contribution in [0.3, 0.4) is 0 Å². The van der Waals surface area contributed by atoms with Gasteiger partial charge >= 0.3 is 0 Å². The quantitative estimate of drug-likeness (QED) is 0.802. The fourth-order valence-electron chi connectivity index (χ4n) is 2.35. The third kappa shape index (κ3) is 2.79. The lowest BCUT2D eigenvalue weighted by Gasteiger charge is -2.35. The monoisotopic (exact) mass is 265 g/mol. The highest BCUT2D eigenvalue weighted by Crippen LogP contribution is 2.29. The molecule has 1 heterocycles. The smallest absolute Gasteiger partial charge is 0.138 e. The van der Waals surface area contributed by atoms with Crippen LogP contribution in [0.15, 0.2) is 12.1 Å². The summed E-state index contributed by atoms with van der Waals surface area (Å²) >= 11 is 5.06. The Morgan fingerprint density at radius 1 is 1.56 bits per heavy atom. The lowest BCUT2D eigenvalue weighted by atomic mass is 9.82. The van der Waals surface area contributed by atoms with E-state index in [1.165, 1.54) is 0 Å². The highest BCUT2D eigenvalue weighted by molar-refractivity contribution is 7.80. The molecule has 18 heavy (non-hydrogen) atoms.